The zero-order valence-electron chi connectivity index (χ0n) is 13.0. The van der Waals surface area contributed by atoms with Crippen LogP contribution in [0.15, 0.2) is 9.90 Å². The molecule has 0 radical (unpaired) electrons. The molecular formula is C15H24N4O2S. The number of hydrazone groups is 1. The van der Waals surface area contributed by atoms with Crippen molar-refractivity contribution in [1.82, 2.24) is 14.6 Å². The highest BCUT2D eigenvalue weighted by atomic mass is 32.1. The largest absolute Gasteiger partial charge is 0.494 e. The van der Waals surface area contributed by atoms with Crippen LogP contribution in [-0.2, 0) is 6.54 Å². The van der Waals surface area contributed by atoms with Gasteiger partial charge in [-0.1, -0.05) is 26.2 Å². The molecule has 1 saturated heterocycles. The molecule has 2 heterocycles. The third-order valence-corrected chi connectivity index (χ3v) is 4.20. The van der Waals surface area contributed by atoms with E-state index in [9.17, 15) is 9.90 Å². The number of aromatic hydroxyl groups is 1. The molecule has 7 heteroatoms. The monoisotopic (exact) mass is 324 g/mol. The predicted octanol–water partition coefficient (Wildman–Crippen LogP) is 2.62. The molecule has 22 heavy (non-hydrogen) atoms. The van der Waals surface area contributed by atoms with Crippen LogP contribution in [0, 0.1) is 4.77 Å². The molecule has 0 aliphatic carbocycles. The van der Waals surface area contributed by atoms with Crippen LogP contribution in [0.2, 0.25) is 0 Å². The lowest BCUT2D eigenvalue weighted by molar-refractivity contribution is 0.302. The molecule has 1 fully saturated rings. The summed E-state index contributed by atoms with van der Waals surface area (Å²) in [7, 11) is 0. The number of aromatic nitrogens is 2. The van der Waals surface area contributed by atoms with Gasteiger partial charge in [0, 0.05) is 19.6 Å². The van der Waals surface area contributed by atoms with E-state index in [2.05, 4.69) is 17.0 Å². The summed E-state index contributed by atoms with van der Waals surface area (Å²) >= 11 is 5.12. The smallest absolute Gasteiger partial charge is 0.264 e. The molecule has 2 N–H and O–H groups in total. The SMILES string of the molecule is CCCCn1c(O)c(/C=N/N2CCCCCC2)c(=O)[nH]c1=S. The van der Waals surface area contributed by atoms with Gasteiger partial charge >= 0.3 is 0 Å². The van der Waals surface area contributed by atoms with Crippen LogP contribution in [0.3, 0.4) is 0 Å². The second kappa shape index (κ2) is 8.12. The molecule has 0 aromatic carbocycles. The quantitative estimate of drug-likeness (QED) is 0.645. The Labute approximate surface area is 135 Å². The highest BCUT2D eigenvalue weighted by molar-refractivity contribution is 7.71. The first-order valence-electron chi connectivity index (χ1n) is 7.98. The first-order chi connectivity index (χ1) is 10.6. The van der Waals surface area contributed by atoms with Gasteiger partial charge in [-0.15, -0.1) is 0 Å². The summed E-state index contributed by atoms with van der Waals surface area (Å²) in [6.07, 6.45) is 7.99. The van der Waals surface area contributed by atoms with Crippen LogP contribution in [0.1, 0.15) is 51.0 Å². The maximum absolute atomic E-state index is 12.0. The van der Waals surface area contributed by atoms with Gasteiger partial charge in [0.05, 0.1) is 6.21 Å². The number of aromatic amines is 1. The number of nitrogens with one attached hydrogen (secondary N) is 1. The Bertz CT molecular complexity index is 627. The van der Waals surface area contributed by atoms with Crippen molar-refractivity contribution in [3.63, 3.8) is 0 Å². The topological polar surface area (TPSA) is 73.6 Å². The Morgan fingerprint density at radius 1 is 1.32 bits per heavy atom. The summed E-state index contributed by atoms with van der Waals surface area (Å²) < 4.78 is 1.81. The van der Waals surface area contributed by atoms with Crippen molar-refractivity contribution in [2.75, 3.05) is 13.1 Å². The molecule has 2 rings (SSSR count). The van der Waals surface area contributed by atoms with E-state index >= 15 is 0 Å². The minimum atomic E-state index is -0.395. The Morgan fingerprint density at radius 2 is 2.00 bits per heavy atom. The van der Waals surface area contributed by atoms with Crippen LogP contribution in [-0.4, -0.2) is 39.0 Å². The van der Waals surface area contributed by atoms with Crippen LogP contribution < -0.4 is 5.56 Å². The molecule has 0 amide bonds. The molecule has 6 nitrogen and oxygen atoms in total. The van der Waals surface area contributed by atoms with Crippen molar-refractivity contribution < 1.29 is 5.11 Å². The van der Waals surface area contributed by atoms with Crippen molar-refractivity contribution in [2.24, 2.45) is 5.10 Å². The van der Waals surface area contributed by atoms with Crippen LogP contribution in [0.4, 0.5) is 0 Å². The fourth-order valence-electron chi connectivity index (χ4n) is 2.52. The van der Waals surface area contributed by atoms with Crippen LogP contribution in [0.25, 0.3) is 0 Å². The maximum atomic E-state index is 12.0. The first-order valence-corrected chi connectivity index (χ1v) is 8.39. The zero-order valence-corrected chi connectivity index (χ0v) is 13.9. The molecule has 1 aromatic heterocycles. The van der Waals surface area contributed by atoms with E-state index in [4.69, 9.17) is 12.2 Å². The number of unbranched alkanes of at least 4 members (excludes halogenated alkanes) is 1. The van der Waals surface area contributed by atoms with Crippen molar-refractivity contribution in [3.05, 3.63) is 20.7 Å². The second-order valence-electron chi connectivity index (χ2n) is 5.61. The Kier molecular flexibility index (Phi) is 6.18. The predicted molar refractivity (Wildman–Crippen MR) is 90.1 cm³/mol. The summed E-state index contributed by atoms with van der Waals surface area (Å²) in [5.74, 6) is -0.0965. The maximum Gasteiger partial charge on any atom is 0.264 e. The molecule has 0 spiro atoms. The van der Waals surface area contributed by atoms with Gasteiger partial charge in [0.15, 0.2) is 4.77 Å². The van der Waals surface area contributed by atoms with E-state index in [1.807, 2.05) is 5.01 Å². The van der Waals surface area contributed by atoms with Crippen molar-refractivity contribution >= 4 is 18.4 Å². The lowest BCUT2D eigenvalue weighted by Gasteiger charge is -2.15. The molecule has 0 bridgehead atoms. The summed E-state index contributed by atoms with van der Waals surface area (Å²) in [5, 5.41) is 16.7. The third kappa shape index (κ3) is 4.19. The second-order valence-corrected chi connectivity index (χ2v) is 6.00. The van der Waals surface area contributed by atoms with Crippen molar-refractivity contribution in [1.29, 1.82) is 0 Å². The van der Waals surface area contributed by atoms with Gasteiger partial charge in [-0.2, -0.15) is 5.10 Å². The average Bonchev–Trinajstić information content (AvgIpc) is 2.75. The molecule has 1 aromatic rings. The summed E-state index contributed by atoms with van der Waals surface area (Å²) in [6.45, 7) is 4.44. The molecule has 0 saturated carbocycles. The molecule has 1 aliphatic heterocycles. The fraction of sp³-hybridized carbons (Fsp3) is 0.667. The van der Waals surface area contributed by atoms with Gasteiger partial charge in [-0.05, 0) is 31.5 Å². The molecule has 1 aliphatic rings. The number of rotatable bonds is 5. The van der Waals surface area contributed by atoms with E-state index < -0.39 is 5.56 Å². The minimum absolute atomic E-state index is 0.0965. The number of hydrogen-bond acceptors (Lipinski definition) is 5. The number of nitrogens with zero attached hydrogens (tertiary/aromatic N) is 3. The summed E-state index contributed by atoms with van der Waals surface area (Å²) in [4.78, 5) is 14.6. The Hall–Kier alpha value is -1.63. The summed E-state index contributed by atoms with van der Waals surface area (Å²) in [5.41, 5.74) is -0.220. The highest BCUT2D eigenvalue weighted by Gasteiger charge is 2.12. The van der Waals surface area contributed by atoms with Crippen LogP contribution in [0.5, 0.6) is 5.88 Å². The van der Waals surface area contributed by atoms with Gasteiger partial charge in [-0.3, -0.25) is 19.4 Å². The number of H-pyrrole nitrogens is 1. The zero-order chi connectivity index (χ0) is 15.9. The molecule has 0 atom stereocenters. The van der Waals surface area contributed by atoms with Crippen molar-refractivity contribution in [3.8, 4) is 5.88 Å². The fourth-order valence-corrected chi connectivity index (χ4v) is 2.79. The van der Waals surface area contributed by atoms with E-state index in [0.717, 1.165) is 38.8 Å². The van der Waals surface area contributed by atoms with Gasteiger partial charge in [0.2, 0.25) is 5.88 Å². The normalized spacial score (nSPS) is 16.1. The number of hydrogen-bond donors (Lipinski definition) is 2. The van der Waals surface area contributed by atoms with E-state index in [1.165, 1.54) is 19.1 Å². The third-order valence-electron chi connectivity index (χ3n) is 3.87. The average molecular weight is 324 g/mol. The lowest BCUT2D eigenvalue weighted by atomic mass is 10.2. The Morgan fingerprint density at radius 3 is 2.64 bits per heavy atom. The van der Waals surface area contributed by atoms with Gasteiger partial charge in [0.1, 0.15) is 5.56 Å². The molecular weight excluding hydrogens is 300 g/mol. The highest BCUT2D eigenvalue weighted by Crippen LogP contribution is 2.14. The van der Waals surface area contributed by atoms with Gasteiger partial charge in [0.25, 0.3) is 5.56 Å². The summed E-state index contributed by atoms with van der Waals surface area (Å²) in [6, 6.07) is 0. The molecule has 122 valence electrons. The lowest BCUT2D eigenvalue weighted by Crippen LogP contribution is -2.22. The van der Waals surface area contributed by atoms with Gasteiger partial charge in [-0.25, -0.2) is 0 Å². The first kappa shape index (κ1) is 16.7. The standard InChI is InChI=1S/C15H24N4O2S/c1-2-3-10-19-14(21)12(13(20)17-15(19)22)11-16-18-8-6-4-5-7-9-18/h11,21H,2-10H2,1H3,(H,17,20,22)/b16-11+. The minimum Gasteiger partial charge on any atom is -0.494 e. The van der Waals surface area contributed by atoms with E-state index in [-0.39, 0.29) is 16.2 Å². The van der Waals surface area contributed by atoms with E-state index in [0.29, 0.717) is 6.54 Å². The van der Waals surface area contributed by atoms with Crippen LogP contribution >= 0.6 is 12.2 Å². The Balaban J connectivity index is 2.25. The molecule has 0 unspecified atom stereocenters. The van der Waals surface area contributed by atoms with E-state index in [1.54, 1.807) is 4.57 Å². The van der Waals surface area contributed by atoms with Crippen molar-refractivity contribution in [2.45, 2.75) is 52.0 Å². The van der Waals surface area contributed by atoms with Gasteiger partial charge < -0.3 is 5.11 Å².